The third kappa shape index (κ3) is 2.99. The number of aromatic nitrogens is 3. The summed E-state index contributed by atoms with van der Waals surface area (Å²) in [7, 11) is 0. The number of carbonyl (C=O) groups excluding carboxylic acids is 2. The lowest BCUT2D eigenvalue weighted by Gasteiger charge is -2.29. The molecule has 3 aromatic rings. The summed E-state index contributed by atoms with van der Waals surface area (Å²) in [6, 6.07) is 14.3. The van der Waals surface area contributed by atoms with Gasteiger partial charge in [0.1, 0.15) is 0 Å². The van der Waals surface area contributed by atoms with Gasteiger partial charge in [0.05, 0.1) is 17.3 Å². The SMILES string of the molecule is O=C1CCC(c2ccc(Cl)cc2)C(=O)N1c1cc(-c2ccccn2)[nH]n1. The minimum absolute atomic E-state index is 0.251. The highest BCUT2D eigenvalue weighted by atomic mass is 35.5. The predicted molar refractivity (Wildman–Crippen MR) is 97.7 cm³/mol. The number of benzene rings is 1. The van der Waals surface area contributed by atoms with Crippen LogP contribution < -0.4 is 4.90 Å². The van der Waals surface area contributed by atoms with Gasteiger partial charge in [-0.25, -0.2) is 4.90 Å². The number of halogens is 1. The van der Waals surface area contributed by atoms with Crippen LogP contribution >= 0.6 is 11.6 Å². The number of anilines is 1. The van der Waals surface area contributed by atoms with E-state index in [0.29, 0.717) is 28.6 Å². The van der Waals surface area contributed by atoms with Gasteiger partial charge in [0, 0.05) is 23.7 Å². The molecule has 1 saturated heterocycles. The standard InChI is InChI=1S/C19H15ClN4O2/c20-13-6-4-12(5-7-13)14-8-9-18(25)24(19(14)26)17-11-16(22-23-17)15-3-1-2-10-21-15/h1-7,10-11,14H,8-9H2,(H,22,23). The summed E-state index contributed by atoms with van der Waals surface area (Å²) in [5, 5.41) is 7.61. The molecule has 1 fully saturated rings. The van der Waals surface area contributed by atoms with E-state index in [-0.39, 0.29) is 24.2 Å². The van der Waals surface area contributed by atoms with Crippen molar-refractivity contribution in [2.45, 2.75) is 18.8 Å². The van der Waals surface area contributed by atoms with Crippen LogP contribution in [0.4, 0.5) is 5.82 Å². The zero-order chi connectivity index (χ0) is 18.1. The number of piperidine rings is 1. The van der Waals surface area contributed by atoms with Crippen molar-refractivity contribution < 1.29 is 9.59 Å². The Kier molecular flexibility index (Phi) is 4.26. The average molecular weight is 367 g/mol. The molecule has 1 unspecified atom stereocenters. The molecule has 0 spiro atoms. The van der Waals surface area contributed by atoms with Crippen molar-refractivity contribution in [1.82, 2.24) is 15.2 Å². The molecule has 0 aliphatic carbocycles. The first kappa shape index (κ1) is 16.5. The lowest BCUT2D eigenvalue weighted by atomic mass is 9.89. The van der Waals surface area contributed by atoms with Gasteiger partial charge in [-0.15, -0.1) is 0 Å². The Hall–Kier alpha value is -2.99. The Labute approximate surface area is 154 Å². The number of H-pyrrole nitrogens is 1. The molecule has 0 radical (unpaired) electrons. The van der Waals surface area contributed by atoms with Crippen LogP contribution in [-0.4, -0.2) is 27.0 Å². The normalized spacial score (nSPS) is 17.6. The number of rotatable bonds is 3. The number of carbonyl (C=O) groups is 2. The quantitative estimate of drug-likeness (QED) is 0.719. The Morgan fingerprint density at radius 3 is 2.65 bits per heavy atom. The van der Waals surface area contributed by atoms with Gasteiger partial charge in [0.2, 0.25) is 11.8 Å². The fraction of sp³-hybridized carbons (Fsp3) is 0.158. The van der Waals surface area contributed by atoms with Crippen LogP contribution in [0.1, 0.15) is 24.3 Å². The van der Waals surface area contributed by atoms with Crippen molar-refractivity contribution in [3.8, 4) is 11.4 Å². The predicted octanol–water partition coefficient (Wildman–Crippen LogP) is 3.56. The summed E-state index contributed by atoms with van der Waals surface area (Å²) in [5.41, 5.74) is 2.18. The van der Waals surface area contributed by atoms with Crippen LogP contribution in [0.3, 0.4) is 0 Å². The third-order valence-electron chi connectivity index (χ3n) is 4.42. The molecular weight excluding hydrogens is 352 g/mol. The monoisotopic (exact) mass is 366 g/mol. The second-order valence-corrected chi connectivity index (χ2v) is 6.50. The first-order chi connectivity index (χ1) is 12.6. The highest BCUT2D eigenvalue weighted by Gasteiger charge is 2.37. The fourth-order valence-electron chi connectivity index (χ4n) is 3.11. The lowest BCUT2D eigenvalue weighted by Crippen LogP contribution is -2.44. The Balaban J connectivity index is 1.64. The summed E-state index contributed by atoms with van der Waals surface area (Å²) in [5.74, 6) is -0.624. The number of pyridine rings is 1. The van der Waals surface area contributed by atoms with Crippen LogP contribution in [0.15, 0.2) is 54.7 Å². The molecule has 2 amide bonds. The second kappa shape index (κ2) is 6.72. The van der Waals surface area contributed by atoms with E-state index in [1.807, 2.05) is 30.3 Å². The number of nitrogens with zero attached hydrogens (tertiary/aromatic N) is 3. The maximum Gasteiger partial charge on any atom is 0.242 e. The molecule has 1 aliphatic rings. The summed E-state index contributed by atoms with van der Waals surface area (Å²) >= 11 is 5.93. The van der Waals surface area contributed by atoms with E-state index >= 15 is 0 Å². The van der Waals surface area contributed by atoms with Crippen molar-refractivity contribution in [2.24, 2.45) is 0 Å². The molecule has 3 heterocycles. The molecule has 0 bridgehead atoms. The highest BCUT2D eigenvalue weighted by molar-refractivity contribution is 6.30. The van der Waals surface area contributed by atoms with E-state index in [1.165, 1.54) is 0 Å². The molecule has 0 saturated carbocycles. The van der Waals surface area contributed by atoms with E-state index in [4.69, 9.17) is 11.6 Å². The molecular formula is C19H15ClN4O2. The summed E-state index contributed by atoms with van der Waals surface area (Å²) in [6.45, 7) is 0. The second-order valence-electron chi connectivity index (χ2n) is 6.06. The van der Waals surface area contributed by atoms with Gasteiger partial charge in [-0.2, -0.15) is 5.10 Å². The number of imide groups is 1. The molecule has 4 rings (SSSR count). The van der Waals surface area contributed by atoms with Gasteiger partial charge in [0.25, 0.3) is 0 Å². The molecule has 7 heteroatoms. The molecule has 1 atom stereocenters. The smallest absolute Gasteiger partial charge is 0.242 e. The van der Waals surface area contributed by atoms with Crippen LogP contribution in [0.25, 0.3) is 11.4 Å². The number of amides is 2. The Morgan fingerprint density at radius 2 is 1.92 bits per heavy atom. The number of hydrogen-bond acceptors (Lipinski definition) is 4. The minimum Gasteiger partial charge on any atom is -0.274 e. The topological polar surface area (TPSA) is 79.0 Å². The van der Waals surface area contributed by atoms with Crippen LogP contribution in [0.5, 0.6) is 0 Å². The van der Waals surface area contributed by atoms with E-state index in [0.717, 1.165) is 10.5 Å². The van der Waals surface area contributed by atoms with Crippen molar-refractivity contribution in [3.05, 3.63) is 65.3 Å². The van der Waals surface area contributed by atoms with E-state index < -0.39 is 0 Å². The molecule has 26 heavy (non-hydrogen) atoms. The highest BCUT2D eigenvalue weighted by Crippen LogP contribution is 2.32. The van der Waals surface area contributed by atoms with Gasteiger partial charge in [-0.1, -0.05) is 29.8 Å². The van der Waals surface area contributed by atoms with E-state index in [2.05, 4.69) is 15.2 Å². The summed E-state index contributed by atoms with van der Waals surface area (Å²) < 4.78 is 0. The summed E-state index contributed by atoms with van der Waals surface area (Å²) in [4.78, 5) is 30.8. The fourth-order valence-corrected chi connectivity index (χ4v) is 3.23. The van der Waals surface area contributed by atoms with Crippen molar-refractivity contribution in [3.63, 3.8) is 0 Å². The van der Waals surface area contributed by atoms with E-state index in [1.54, 1.807) is 24.4 Å². The molecule has 1 N–H and O–H groups in total. The van der Waals surface area contributed by atoms with Gasteiger partial charge < -0.3 is 0 Å². The van der Waals surface area contributed by atoms with Crippen LogP contribution in [0.2, 0.25) is 5.02 Å². The van der Waals surface area contributed by atoms with Crippen LogP contribution in [-0.2, 0) is 9.59 Å². The number of aromatic amines is 1. The third-order valence-corrected chi connectivity index (χ3v) is 4.67. The number of hydrogen-bond donors (Lipinski definition) is 1. The van der Waals surface area contributed by atoms with Crippen LogP contribution in [0, 0.1) is 0 Å². The molecule has 1 aliphatic heterocycles. The maximum absolute atomic E-state index is 13.0. The largest absolute Gasteiger partial charge is 0.274 e. The van der Waals surface area contributed by atoms with Gasteiger partial charge >= 0.3 is 0 Å². The van der Waals surface area contributed by atoms with Gasteiger partial charge in [-0.05, 0) is 36.2 Å². The Morgan fingerprint density at radius 1 is 1.12 bits per heavy atom. The molecule has 6 nitrogen and oxygen atoms in total. The number of nitrogens with one attached hydrogen (secondary N) is 1. The molecule has 2 aromatic heterocycles. The van der Waals surface area contributed by atoms with Crippen molar-refractivity contribution in [1.29, 1.82) is 0 Å². The van der Waals surface area contributed by atoms with Gasteiger partial charge in [0.15, 0.2) is 5.82 Å². The summed E-state index contributed by atoms with van der Waals surface area (Å²) in [6.07, 6.45) is 2.43. The first-order valence-electron chi connectivity index (χ1n) is 8.22. The lowest BCUT2D eigenvalue weighted by molar-refractivity contribution is -0.130. The van der Waals surface area contributed by atoms with Gasteiger partial charge in [-0.3, -0.25) is 19.7 Å². The van der Waals surface area contributed by atoms with Crippen molar-refractivity contribution in [2.75, 3.05) is 4.90 Å². The zero-order valence-electron chi connectivity index (χ0n) is 13.7. The maximum atomic E-state index is 13.0. The molecule has 130 valence electrons. The van der Waals surface area contributed by atoms with E-state index in [9.17, 15) is 9.59 Å². The minimum atomic E-state index is -0.389. The average Bonchev–Trinajstić information content (AvgIpc) is 3.13. The Bertz CT molecular complexity index is 953. The van der Waals surface area contributed by atoms with Crippen molar-refractivity contribution >= 4 is 29.2 Å². The zero-order valence-corrected chi connectivity index (χ0v) is 14.5. The molecule has 1 aromatic carbocycles. The first-order valence-corrected chi connectivity index (χ1v) is 8.60.